The second kappa shape index (κ2) is 5.17. The molecule has 2 rings (SSSR count). The zero-order valence-electron chi connectivity index (χ0n) is 11.7. The molecule has 102 valence electrons. The Morgan fingerprint density at radius 1 is 1.21 bits per heavy atom. The number of aromatic nitrogens is 2. The van der Waals surface area contributed by atoms with E-state index in [0.29, 0.717) is 5.15 Å². The van der Waals surface area contributed by atoms with E-state index >= 15 is 0 Å². The lowest BCUT2D eigenvalue weighted by atomic mass is 9.96. The third kappa shape index (κ3) is 3.12. The van der Waals surface area contributed by atoms with Crippen molar-refractivity contribution in [2.45, 2.75) is 50.0 Å². The Hall–Kier alpha value is -1.00. The van der Waals surface area contributed by atoms with Gasteiger partial charge in [0.25, 0.3) is 0 Å². The van der Waals surface area contributed by atoms with Gasteiger partial charge in [0.05, 0.1) is 11.2 Å². The molecule has 0 aromatic carbocycles. The van der Waals surface area contributed by atoms with Crippen molar-refractivity contribution in [2.24, 2.45) is 0 Å². The van der Waals surface area contributed by atoms with Crippen molar-refractivity contribution in [3.63, 3.8) is 0 Å². The molecule has 0 bridgehead atoms. The number of nitrogens with zero attached hydrogens (tertiary/aromatic N) is 2. The fraction of sp³-hybridized carbons (Fsp3) is 0.429. The van der Waals surface area contributed by atoms with Crippen LogP contribution < -0.4 is 0 Å². The second-order valence-corrected chi connectivity index (χ2v) is 6.85. The quantitative estimate of drug-likeness (QED) is 0.747. The van der Waals surface area contributed by atoms with Crippen LogP contribution in [0.25, 0.3) is 0 Å². The Morgan fingerprint density at radius 2 is 1.89 bits per heavy atom. The fourth-order valence-corrected chi connectivity index (χ4v) is 2.62. The van der Waals surface area contributed by atoms with Crippen molar-refractivity contribution in [1.29, 1.82) is 0 Å². The van der Waals surface area contributed by atoms with Crippen LogP contribution in [0.5, 0.6) is 0 Å². The lowest BCUT2D eigenvalue weighted by molar-refractivity contribution is 0.526. The molecule has 0 aliphatic heterocycles. The fourth-order valence-electron chi connectivity index (χ4n) is 1.49. The van der Waals surface area contributed by atoms with Gasteiger partial charge in [0.1, 0.15) is 21.8 Å². The smallest absolute Gasteiger partial charge is 0.136 e. The summed E-state index contributed by atoms with van der Waals surface area (Å²) in [5.74, 6) is 1.64. The average Bonchev–Trinajstić information content (AvgIpc) is 2.69. The molecule has 3 nitrogen and oxygen atoms in total. The van der Waals surface area contributed by atoms with Gasteiger partial charge in [-0.1, -0.05) is 44.1 Å². The van der Waals surface area contributed by atoms with E-state index in [1.807, 2.05) is 19.9 Å². The van der Waals surface area contributed by atoms with Gasteiger partial charge < -0.3 is 4.42 Å². The van der Waals surface area contributed by atoms with Gasteiger partial charge in [0.15, 0.2) is 0 Å². The van der Waals surface area contributed by atoms with Gasteiger partial charge in [-0.15, -0.1) is 0 Å². The van der Waals surface area contributed by atoms with E-state index in [1.165, 1.54) is 0 Å². The van der Waals surface area contributed by atoms with Crippen molar-refractivity contribution in [3.8, 4) is 0 Å². The summed E-state index contributed by atoms with van der Waals surface area (Å²) in [6, 6.07) is 1.94. The van der Waals surface area contributed by atoms with E-state index in [0.717, 1.165) is 27.1 Å². The molecule has 0 unspecified atom stereocenters. The van der Waals surface area contributed by atoms with Crippen LogP contribution in [0, 0.1) is 13.8 Å². The summed E-state index contributed by atoms with van der Waals surface area (Å²) in [5, 5.41) is 1.40. The standard InChI is InChI=1S/C14H17ClN2OS/c1-8-11(15)16-13(14(3,4)5)17-12(8)19-10-6-7-18-9(10)2/h6-7H,1-5H3. The molecule has 0 saturated heterocycles. The monoisotopic (exact) mass is 296 g/mol. The summed E-state index contributed by atoms with van der Waals surface area (Å²) < 4.78 is 5.31. The van der Waals surface area contributed by atoms with Crippen molar-refractivity contribution in [1.82, 2.24) is 9.97 Å². The molecule has 0 spiro atoms. The number of rotatable bonds is 2. The molecular formula is C14H17ClN2OS. The molecule has 5 heteroatoms. The van der Waals surface area contributed by atoms with Crippen LogP contribution in [0.2, 0.25) is 5.15 Å². The molecule has 0 radical (unpaired) electrons. The normalized spacial score (nSPS) is 11.9. The maximum absolute atomic E-state index is 6.22. The van der Waals surface area contributed by atoms with Gasteiger partial charge >= 0.3 is 0 Å². The Labute approximate surface area is 122 Å². The highest BCUT2D eigenvalue weighted by atomic mass is 35.5. The number of aryl methyl sites for hydroxylation is 1. The van der Waals surface area contributed by atoms with Gasteiger partial charge in [0, 0.05) is 11.0 Å². The molecule has 0 saturated carbocycles. The summed E-state index contributed by atoms with van der Waals surface area (Å²) in [5.41, 5.74) is 0.776. The largest absolute Gasteiger partial charge is 0.468 e. The number of hydrogen-bond donors (Lipinski definition) is 0. The highest BCUT2D eigenvalue weighted by Crippen LogP contribution is 2.35. The zero-order valence-corrected chi connectivity index (χ0v) is 13.3. The molecule has 2 aromatic heterocycles. The molecule has 0 aliphatic carbocycles. The van der Waals surface area contributed by atoms with Crippen LogP contribution in [0.1, 0.15) is 37.9 Å². The summed E-state index contributed by atoms with van der Waals surface area (Å²) in [4.78, 5) is 10.1. The minimum atomic E-state index is -0.127. The molecule has 0 atom stereocenters. The first-order chi connectivity index (χ1) is 8.79. The van der Waals surface area contributed by atoms with Gasteiger partial charge in [-0.3, -0.25) is 0 Å². The maximum Gasteiger partial charge on any atom is 0.136 e. The molecule has 0 aliphatic rings. The lowest BCUT2D eigenvalue weighted by Crippen LogP contribution is -2.17. The van der Waals surface area contributed by atoms with E-state index in [4.69, 9.17) is 16.0 Å². The molecule has 0 N–H and O–H groups in total. The molecule has 19 heavy (non-hydrogen) atoms. The third-order valence-electron chi connectivity index (χ3n) is 2.73. The number of halogens is 1. The summed E-state index contributed by atoms with van der Waals surface area (Å²) >= 11 is 7.78. The second-order valence-electron chi connectivity index (χ2n) is 5.46. The molecule has 2 aromatic rings. The number of furan rings is 1. The van der Waals surface area contributed by atoms with Gasteiger partial charge in [0.2, 0.25) is 0 Å². The van der Waals surface area contributed by atoms with Gasteiger partial charge in [-0.2, -0.15) is 0 Å². The predicted molar refractivity (Wildman–Crippen MR) is 78.0 cm³/mol. The predicted octanol–water partition coefficient (Wildman–Crippen LogP) is 4.79. The van der Waals surface area contributed by atoms with Crippen molar-refractivity contribution in [3.05, 3.63) is 34.6 Å². The highest BCUT2D eigenvalue weighted by molar-refractivity contribution is 7.99. The SMILES string of the molecule is Cc1occc1Sc1nc(C(C)(C)C)nc(Cl)c1C. The van der Waals surface area contributed by atoms with Crippen molar-refractivity contribution >= 4 is 23.4 Å². The Bertz CT molecular complexity index is 602. The minimum Gasteiger partial charge on any atom is -0.468 e. The maximum atomic E-state index is 6.22. The number of hydrogen-bond acceptors (Lipinski definition) is 4. The topological polar surface area (TPSA) is 38.9 Å². The van der Waals surface area contributed by atoms with Gasteiger partial charge in [-0.05, 0) is 19.9 Å². The average molecular weight is 297 g/mol. The van der Waals surface area contributed by atoms with Crippen molar-refractivity contribution < 1.29 is 4.42 Å². The first-order valence-electron chi connectivity index (χ1n) is 6.05. The first kappa shape index (κ1) is 14.4. The highest BCUT2D eigenvalue weighted by Gasteiger charge is 2.21. The molecule has 2 heterocycles. The van der Waals surface area contributed by atoms with Crippen LogP contribution in [0.4, 0.5) is 0 Å². The zero-order chi connectivity index (χ0) is 14.2. The summed E-state index contributed by atoms with van der Waals surface area (Å²) in [6.45, 7) is 10.1. The van der Waals surface area contributed by atoms with Crippen LogP contribution in [-0.4, -0.2) is 9.97 Å². The molecule has 0 amide bonds. The van der Waals surface area contributed by atoms with E-state index < -0.39 is 0 Å². The first-order valence-corrected chi connectivity index (χ1v) is 7.25. The molecular weight excluding hydrogens is 280 g/mol. The van der Waals surface area contributed by atoms with E-state index in [1.54, 1.807) is 18.0 Å². The van der Waals surface area contributed by atoms with Gasteiger partial charge in [-0.25, -0.2) is 9.97 Å². The van der Waals surface area contributed by atoms with E-state index in [2.05, 4.69) is 30.7 Å². The Balaban J connectivity index is 2.45. The van der Waals surface area contributed by atoms with Crippen molar-refractivity contribution in [2.75, 3.05) is 0 Å². The van der Waals surface area contributed by atoms with Crippen LogP contribution >= 0.6 is 23.4 Å². The van der Waals surface area contributed by atoms with Crippen LogP contribution in [0.15, 0.2) is 26.7 Å². The lowest BCUT2D eigenvalue weighted by Gasteiger charge is -2.18. The van der Waals surface area contributed by atoms with Crippen LogP contribution in [0.3, 0.4) is 0 Å². The summed E-state index contributed by atoms with van der Waals surface area (Å²) in [7, 11) is 0. The Morgan fingerprint density at radius 3 is 2.42 bits per heavy atom. The Kier molecular flexibility index (Phi) is 3.92. The molecule has 0 fully saturated rings. The van der Waals surface area contributed by atoms with E-state index in [-0.39, 0.29) is 5.41 Å². The minimum absolute atomic E-state index is 0.127. The van der Waals surface area contributed by atoms with Crippen LogP contribution in [-0.2, 0) is 5.41 Å². The summed E-state index contributed by atoms with van der Waals surface area (Å²) in [6.07, 6.45) is 1.68. The van der Waals surface area contributed by atoms with E-state index in [9.17, 15) is 0 Å². The third-order valence-corrected chi connectivity index (χ3v) is 4.33.